The topological polar surface area (TPSA) is 57.6 Å². The lowest BCUT2D eigenvalue weighted by Gasteiger charge is -2.37. The number of aliphatic hydroxyl groups is 1. The Bertz CT molecular complexity index is 552. The summed E-state index contributed by atoms with van der Waals surface area (Å²) in [7, 11) is 16.1. The number of ketones is 1. The molecule has 7 heteroatoms. The quantitative estimate of drug-likeness (QED) is 0.260. The van der Waals surface area contributed by atoms with E-state index < -0.39 is 6.10 Å². The molecule has 0 rings (SSSR count). The van der Waals surface area contributed by atoms with Crippen LogP contribution in [0.15, 0.2) is 0 Å². The minimum Gasteiger partial charge on any atom is -0.382 e. The number of rotatable bonds is 13. The van der Waals surface area contributed by atoms with E-state index in [-0.39, 0.29) is 39.4 Å². The van der Waals surface area contributed by atoms with Crippen LogP contribution in [-0.4, -0.2) is 130 Å². The van der Waals surface area contributed by atoms with Crippen molar-refractivity contribution in [2.75, 3.05) is 89.2 Å². The SMILES string of the molecule is CCC(C)(C)C(=O)N(C)C[N+](C)(C)CC(=O)CC[N+](C)(C)CC(O)C[N+](C)(C)C.[CH3-].[CH3-].[CH3-]. The number of carbonyl (C=O) groups excluding carboxylic acids is 2. The van der Waals surface area contributed by atoms with Crippen LogP contribution in [-0.2, 0) is 9.59 Å². The number of Topliss-reactive ketones (excluding diaryl/α,β-unsaturated/α-hetero) is 1. The van der Waals surface area contributed by atoms with Crippen molar-refractivity contribution in [1.82, 2.24) is 4.90 Å². The van der Waals surface area contributed by atoms with E-state index in [1.165, 1.54) is 0 Å². The van der Waals surface area contributed by atoms with E-state index in [2.05, 4.69) is 35.2 Å². The molecule has 0 aliphatic heterocycles. The fraction of sp³-hybridized carbons (Fsp3) is 0.800. The van der Waals surface area contributed by atoms with Gasteiger partial charge in [0.25, 0.3) is 0 Å². The predicted octanol–water partition coefficient (Wildman–Crippen LogP) is 2.37. The van der Waals surface area contributed by atoms with Gasteiger partial charge in [-0.05, 0) is 6.42 Å². The van der Waals surface area contributed by atoms with E-state index in [4.69, 9.17) is 0 Å². The Kier molecular flexibility index (Phi) is 17.1. The molecule has 0 aromatic carbocycles. The summed E-state index contributed by atoms with van der Waals surface area (Å²) in [5, 5.41) is 10.4. The van der Waals surface area contributed by atoms with Crippen LogP contribution in [0.5, 0.6) is 0 Å². The maximum Gasteiger partial charge on any atom is 0.232 e. The van der Waals surface area contributed by atoms with Gasteiger partial charge in [0.1, 0.15) is 19.6 Å². The van der Waals surface area contributed by atoms with Gasteiger partial charge in [-0.3, -0.25) is 14.5 Å². The second-order valence-electron chi connectivity index (χ2n) is 11.7. The Morgan fingerprint density at radius 2 is 1.38 bits per heavy atom. The summed E-state index contributed by atoms with van der Waals surface area (Å²) < 4.78 is 1.79. The van der Waals surface area contributed by atoms with Crippen LogP contribution in [0, 0.1) is 27.7 Å². The molecule has 0 saturated carbocycles. The van der Waals surface area contributed by atoms with E-state index >= 15 is 0 Å². The van der Waals surface area contributed by atoms with Gasteiger partial charge in [-0.25, -0.2) is 0 Å². The summed E-state index contributed by atoms with van der Waals surface area (Å²) in [6.07, 6.45) is 0.869. The summed E-state index contributed by atoms with van der Waals surface area (Å²) in [5.41, 5.74) is -0.382. The van der Waals surface area contributed by atoms with Gasteiger partial charge in [-0.2, -0.15) is 0 Å². The van der Waals surface area contributed by atoms with E-state index in [1.54, 1.807) is 4.90 Å². The molecule has 0 fully saturated rings. The molecule has 0 radical (unpaired) electrons. The van der Waals surface area contributed by atoms with Crippen molar-refractivity contribution in [3.63, 3.8) is 0 Å². The molecule has 0 aliphatic rings. The van der Waals surface area contributed by atoms with Crippen LogP contribution in [0.25, 0.3) is 0 Å². The van der Waals surface area contributed by atoms with Gasteiger partial charge in [-0.1, -0.05) is 20.8 Å². The van der Waals surface area contributed by atoms with Gasteiger partial charge in [0.05, 0.1) is 62.3 Å². The molecule has 32 heavy (non-hydrogen) atoms. The number of hydrogen-bond acceptors (Lipinski definition) is 3. The lowest BCUT2D eigenvalue weighted by molar-refractivity contribution is -0.907. The zero-order chi connectivity index (χ0) is 23.3. The van der Waals surface area contributed by atoms with Crippen LogP contribution in [0.1, 0.15) is 33.6 Å². The standard InChI is InChI=1S/C22H49N4O3.3CH3/c1-12-22(2,3)21(29)23(4)18-26(10,11)16-19(27)13-14-25(8,9)17-20(28)15-24(5,6)7;;;/h20,28H,12-18H2,1-11H3;3*1H3/q+3;3*-1. The van der Waals surface area contributed by atoms with Crippen LogP contribution in [0.2, 0.25) is 0 Å². The third-order valence-corrected chi connectivity index (χ3v) is 5.47. The highest BCUT2D eigenvalue weighted by Crippen LogP contribution is 2.22. The third kappa shape index (κ3) is 15.7. The first-order valence-corrected chi connectivity index (χ1v) is 10.7. The molecule has 1 amide bonds. The monoisotopic (exact) mass is 462 g/mol. The molecule has 0 aliphatic carbocycles. The number of amides is 1. The first-order chi connectivity index (χ1) is 12.8. The van der Waals surface area contributed by atoms with Crippen molar-refractivity contribution in [2.24, 2.45) is 5.41 Å². The van der Waals surface area contributed by atoms with Crippen LogP contribution < -0.4 is 0 Å². The van der Waals surface area contributed by atoms with Crippen molar-refractivity contribution >= 4 is 11.7 Å². The van der Waals surface area contributed by atoms with Gasteiger partial charge in [0, 0.05) is 12.5 Å². The molecule has 1 atom stereocenters. The Hall–Kier alpha value is -1.02. The van der Waals surface area contributed by atoms with Crippen LogP contribution >= 0.6 is 0 Å². The molecule has 1 N–H and O–H groups in total. The van der Waals surface area contributed by atoms with E-state index in [0.717, 1.165) is 6.42 Å². The number of hydrogen-bond donors (Lipinski definition) is 1. The maximum atomic E-state index is 12.6. The predicted molar refractivity (Wildman–Crippen MR) is 138 cm³/mol. The maximum absolute atomic E-state index is 12.6. The number of aliphatic hydroxyl groups excluding tert-OH is 1. The minimum atomic E-state index is -0.395. The summed E-state index contributed by atoms with van der Waals surface area (Å²) in [5.74, 6) is 0.306. The molecule has 0 heterocycles. The van der Waals surface area contributed by atoms with Gasteiger partial charge in [0.15, 0.2) is 18.6 Å². The van der Waals surface area contributed by atoms with Gasteiger partial charge in [0.2, 0.25) is 5.91 Å². The average Bonchev–Trinajstić information content (AvgIpc) is 2.48. The Morgan fingerprint density at radius 3 is 1.78 bits per heavy atom. The summed E-state index contributed by atoms with van der Waals surface area (Å²) in [6, 6.07) is 0. The Morgan fingerprint density at radius 1 is 0.906 bits per heavy atom. The molecule has 196 valence electrons. The second kappa shape index (κ2) is 14.3. The lowest BCUT2D eigenvalue weighted by atomic mass is 9.89. The van der Waals surface area contributed by atoms with Gasteiger partial charge in [-0.15, -0.1) is 0 Å². The summed E-state index contributed by atoms with van der Waals surface area (Å²) in [6.45, 7) is 8.86. The molecule has 0 bridgehead atoms. The molecule has 0 aromatic rings. The van der Waals surface area contributed by atoms with Crippen molar-refractivity contribution in [2.45, 2.75) is 39.7 Å². The number of quaternary nitrogens is 3. The fourth-order valence-corrected chi connectivity index (χ4v) is 3.69. The lowest BCUT2D eigenvalue weighted by Crippen LogP contribution is -2.54. The van der Waals surface area contributed by atoms with Crippen molar-refractivity contribution in [3.05, 3.63) is 22.3 Å². The van der Waals surface area contributed by atoms with Crippen molar-refractivity contribution < 1.29 is 28.1 Å². The molecular formula is C25H58N4O3. The van der Waals surface area contributed by atoms with Crippen molar-refractivity contribution in [1.29, 1.82) is 0 Å². The van der Waals surface area contributed by atoms with Gasteiger partial charge < -0.3 is 40.8 Å². The third-order valence-electron chi connectivity index (χ3n) is 5.47. The molecular weight excluding hydrogens is 404 g/mol. The van der Waals surface area contributed by atoms with Crippen molar-refractivity contribution in [3.8, 4) is 0 Å². The molecule has 0 spiro atoms. The summed E-state index contributed by atoms with van der Waals surface area (Å²) >= 11 is 0. The Labute approximate surface area is 201 Å². The number of likely N-dealkylation sites (N-methyl/N-ethyl adjacent to an activating group) is 3. The zero-order valence-corrected chi connectivity index (χ0v) is 24.1. The minimum absolute atomic E-state index is 0. The highest BCUT2D eigenvalue weighted by atomic mass is 16.3. The van der Waals surface area contributed by atoms with E-state index in [1.807, 2.05) is 41.9 Å². The Balaban J connectivity index is -0.00000131. The number of nitrogens with zero attached hydrogens (tertiary/aromatic N) is 4. The molecule has 0 aromatic heterocycles. The highest BCUT2D eigenvalue weighted by Gasteiger charge is 2.33. The molecule has 1 unspecified atom stereocenters. The normalized spacial score (nSPS) is 13.2. The van der Waals surface area contributed by atoms with Crippen LogP contribution in [0.4, 0.5) is 0 Å². The number of carbonyl (C=O) groups is 2. The first-order valence-electron chi connectivity index (χ1n) is 10.7. The smallest absolute Gasteiger partial charge is 0.232 e. The second-order valence-corrected chi connectivity index (χ2v) is 11.7. The molecule has 0 saturated heterocycles. The van der Waals surface area contributed by atoms with Gasteiger partial charge >= 0.3 is 0 Å². The van der Waals surface area contributed by atoms with E-state index in [9.17, 15) is 14.7 Å². The largest absolute Gasteiger partial charge is 0.382 e. The summed E-state index contributed by atoms with van der Waals surface area (Å²) in [4.78, 5) is 27.0. The molecule has 7 nitrogen and oxygen atoms in total. The highest BCUT2D eigenvalue weighted by molar-refractivity contribution is 5.81. The first kappa shape index (κ1) is 38.3. The van der Waals surface area contributed by atoms with E-state index in [0.29, 0.717) is 52.7 Å². The fourth-order valence-electron chi connectivity index (χ4n) is 3.69. The zero-order valence-electron chi connectivity index (χ0n) is 24.1. The average molecular weight is 463 g/mol. The van der Waals surface area contributed by atoms with Crippen LogP contribution in [0.3, 0.4) is 0 Å².